The maximum Gasteiger partial charge on any atom is 0.247 e. The average molecular weight is 306 g/mol. The number of nitrogens with one attached hydrogen (secondary N) is 2. The second kappa shape index (κ2) is 6.95. The molecule has 0 aliphatic carbocycles. The van der Waals surface area contributed by atoms with Gasteiger partial charge < -0.3 is 15.4 Å². The molecule has 2 N–H and O–H groups in total. The van der Waals surface area contributed by atoms with Crippen molar-refractivity contribution in [2.75, 3.05) is 17.7 Å². The lowest BCUT2D eigenvalue weighted by atomic mass is 10.2. The number of pyridine rings is 1. The normalized spacial score (nSPS) is 11.6. The Kier molecular flexibility index (Phi) is 5.00. The van der Waals surface area contributed by atoms with Crippen LogP contribution >= 0.6 is 11.6 Å². The van der Waals surface area contributed by atoms with Crippen LogP contribution < -0.4 is 15.4 Å². The minimum Gasteiger partial charge on any atom is -0.497 e. The van der Waals surface area contributed by atoms with Gasteiger partial charge in [0.1, 0.15) is 17.6 Å². The highest BCUT2D eigenvalue weighted by Gasteiger charge is 2.13. The number of hydrogen-bond acceptors (Lipinski definition) is 4. The Balaban J connectivity index is 1.93. The van der Waals surface area contributed by atoms with Crippen LogP contribution in [-0.4, -0.2) is 24.0 Å². The molecule has 1 heterocycles. The van der Waals surface area contributed by atoms with Crippen LogP contribution in [0.15, 0.2) is 42.6 Å². The molecule has 1 aromatic heterocycles. The second-order valence-electron chi connectivity index (χ2n) is 4.45. The van der Waals surface area contributed by atoms with Gasteiger partial charge in [-0.3, -0.25) is 4.79 Å². The molecule has 0 saturated heterocycles. The van der Waals surface area contributed by atoms with Crippen LogP contribution in [0.5, 0.6) is 5.75 Å². The molecule has 2 rings (SSSR count). The number of anilines is 2. The highest BCUT2D eigenvalue weighted by Crippen LogP contribution is 2.16. The molecule has 0 saturated carbocycles. The smallest absolute Gasteiger partial charge is 0.247 e. The van der Waals surface area contributed by atoms with E-state index in [0.717, 1.165) is 11.4 Å². The predicted molar refractivity (Wildman–Crippen MR) is 84.0 cm³/mol. The zero-order valence-corrected chi connectivity index (χ0v) is 12.5. The number of aromatic nitrogens is 1. The SMILES string of the molecule is COc1ccc(N[C@H](C)C(=O)Nc2ccc(Cl)cn2)cc1. The van der Waals surface area contributed by atoms with Crippen LogP contribution in [0.3, 0.4) is 0 Å². The Labute approximate surface area is 128 Å². The van der Waals surface area contributed by atoms with Gasteiger partial charge in [0.25, 0.3) is 0 Å². The minimum absolute atomic E-state index is 0.180. The Bertz CT molecular complexity index is 599. The molecule has 2 aromatic rings. The summed E-state index contributed by atoms with van der Waals surface area (Å²) in [5, 5.41) is 6.34. The molecule has 0 aliphatic rings. The lowest BCUT2D eigenvalue weighted by molar-refractivity contribution is -0.116. The third kappa shape index (κ3) is 4.36. The van der Waals surface area contributed by atoms with Gasteiger partial charge in [-0.15, -0.1) is 0 Å². The molecule has 1 amide bonds. The van der Waals surface area contributed by atoms with Crippen molar-refractivity contribution in [1.82, 2.24) is 4.98 Å². The van der Waals surface area contributed by atoms with E-state index in [9.17, 15) is 4.79 Å². The van der Waals surface area contributed by atoms with Crippen molar-refractivity contribution in [3.63, 3.8) is 0 Å². The van der Waals surface area contributed by atoms with Gasteiger partial charge in [-0.25, -0.2) is 4.98 Å². The minimum atomic E-state index is -0.407. The van der Waals surface area contributed by atoms with E-state index in [-0.39, 0.29) is 5.91 Å². The standard InChI is InChI=1S/C15H16ClN3O2/c1-10(18-12-4-6-13(21-2)7-5-12)15(20)19-14-8-3-11(16)9-17-14/h3-10,18H,1-2H3,(H,17,19,20)/t10-/m1/s1. The van der Waals surface area contributed by atoms with Crippen LogP contribution in [0.4, 0.5) is 11.5 Å². The van der Waals surface area contributed by atoms with Gasteiger partial charge in [-0.05, 0) is 43.3 Å². The first-order valence-corrected chi connectivity index (χ1v) is 6.79. The lowest BCUT2D eigenvalue weighted by Crippen LogP contribution is -2.32. The topological polar surface area (TPSA) is 63.2 Å². The Hall–Kier alpha value is -2.27. The van der Waals surface area contributed by atoms with Crippen LogP contribution in [0.25, 0.3) is 0 Å². The molecule has 110 valence electrons. The van der Waals surface area contributed by atoms with E-state index >= 15 is 0 Å². The van der Waals surface area contributed by atoms with Gasteiger partial charge >= 0.3 is 0 Å². The van der Waals surface area contributed by atoms with Crippen LogP contribution in [0, 0.1) is 0 Å². The van der Waals surface area contributed by atoms with Gasteiger partial charge in [-0.1, -0.05) is 11.6 Å². The largest absolute Gasteiger partial charge is 0.497 e. The molecule has 6 heteroatoms. The molecule has 21 heavy (non-hydrogen) atoms. The van der Waals surface area contributed by atoms with Gasteiger partial charge in [0, 0.05) is 11.9 Å². The van der Waals surface area contributed by atoms with Crippen LogP contribution in [-0.2, 0) is 4.79 Å². The van der Waals surface area contributed by atoms with E-state index in [4.69, 9.17) is 16.3 Å². The van der Waals surface area contributed by atoms with E-state index < -0.39 is 6.04 Å². The van der Waals surface area contributed by atoms with Crippen molar-refractivity contribution in [2.45, 2.75) is 13.0 Å². The van der Waals surface area contributed by atoms with E-state index in [2.05, 4.69) is 15.6 Å². The third-order valence-electron chi connectivity index (χ3n) is 2.85. The summed E-state index contributed by atoms with van der Waals surface area (Å²) in [6.07, 6.45) is 1.48. The molecule has 0 aliphatic heterocycles. The molecule has 5 nitrogen and oxygen atoms in total. The molecule has 0 bridgehead atoms. The summed E-state index contributed by atoms with van der Waals surface area (Å²) < 4.78 is 5.08. The van der Waals surface area contributed by atoms with E-state index in [1.807, 2.05) is 24.3 Å². The summed E-state index contributed by atoms with van der Waals surface area (Å²) in [5.41, 5.74) is 0.836. The maximum absolute atomic E-state index is 12.1. The van der Waals surface area contributed by atoms with Crippen LogP contribution in [0.2, 0.25) is 5.02 Å². The number of hydrogen-bond donors (Lipinski definition) is 2. The number of rotatable bonds is 5. The molecular weight excluding hydrogens is 290 g/mol. The van der Waals surface area contributed by atoms with Gasteiger partial charge in [0.2, 0.25) is 5.91 Å². The van der Waals surface area contributed by atoms with Crippen molar-refractivity contribution in [3.8, 4) is 5.75 Å². The molecule has 1 aromatic carbocycles. The third-order valence-corrected chi connectivity index (χ3v) is 3.07. The quantitative estimate of drug-likeness (QED) is 0.890. The van der Waals surface area contributed by atoms with E-state index in [0.29, 0.717) is 10.8 Å². The second-order valence-corrected chi connectivity index (χ2v) is 4.88. The fraction of sp³-hybridized carbons (Fsp3) is 0.200. The fourth-order valence-electron chi connectivity index (χ4n) is 1.69. The molecular formula is C15H16ClN3O2. The highest BCUT2D eigenvalue weighted by atomic mass is 35.5. The summed E-state index contributed by atoms with van der Waals surface area (Å²) in [5.74, 6) is 1.05. The van der Waals surface area contributed by atoms with E-state index in [1.165, 1.54) is 6.20 Å². The van der Waals surface area contributed by atoms with Crippen molar-refractivity contribution in [3.05, 3.63) is 47.6 Å². The number of benzene rings is 1. The monoisotopic (exact) mass is 305 g/mol. The molecule has 0 unspecified atom stereocenters. The number of ether oxygens (including phenoxy) is 1. The molecule has 0 fully saturated rings. The summed E-state index contributed by atoms with van der Waals surface area (Å²) in [6, 6.07) is 10.3. The number of amides is 1. The number of nitrogens with zero attached hydrogens (tertiary/aromatic N) is 1. The van der Waals surface area contributed by atoms with Crippen molar-refractivity contribution >= 4 is 29.0 Å². The summed E-state index contributed by atoms with van der Waals surface area (Å²) >= 11 is 5.75. The number of halogens is 1. The molecule has 1 atom stereocenters. The van der Waals surface area contributed by atoms with Crippen molar-refractivity contribution in [1.29, 1.82) is 0 Å². The lowest BCUT2D eigenvalue weighted by Gasteiger charge is -2.15. The van der Waals surface area contributed by atoms with Crippen molar-refractivity contribution < 1.29 is 9.53 Å². The first kappa shape index (κ1) is 15.1. The summed E-state index contributed by atoms with van der Waals surface area (Å²) in [7, 11) is 1.61. The predicted octanol–water partition coefficient (Wildman–Crippen LogP) is 3.18. The van der Waals surface area contributed by atoms with Gasteiger partial charge in [0.15, 0.2) is 0 Å². The highest BCUT2D eigenvalue weighted by molar-refractivity contribution is 6.30. The first-order valence-electron chi connectivity index (χ1n) is 6.41. The van der Waals surface area contributed by atoms with Crippen LogP contribution in [0.1, 0.15) is 6.92 Å². The number of carbonyl (C=O) groups excluding carboxylic acids is 1. The maximum atomic E-state index is 12.1. The fourth-order valence-corrected chi connectivity index (χ4v) is 1.80. The number of methoxy groups -OCH3 is 1. The first-order chi connectivity index (χ1) is 10.1. The zero-order chi connectivity index (χ0) is 15.2. The van der Waals surface area contributed by atoms with Crippen molar-refractivity contribution in [2.24, 2.45) is 0 Å². The summed E-state index contributed by atoms with van der Waals surface area (Å²) in [6.45, 7) is 1.77. The van der Waals surface area contributed by atoms with Gasteiger partial charge in [-0.2, -0.15) is 0 Å². The Morgan fingerprint density at radius 1 is 1.24 bits per heavy atom. The Morgan fingerprint density at radius 2 is 1.95 bits per heavy atom. The summed E-state index contributed by atoms with van der Waals surface area (Å²) in [4.78, 5) is 16.1. The zero-order valence-electron chi connectivity index (χ0n) is 11.8. The number of carbonyl (C=O) groups is 1. The average Bonchev–Trinajstić information content (AvgIpc) is 2.50. The van der Waals surface area contributed by atoms with E-state index in [1.54, 1.807) is 26.2 Å². The Morgan fingerprint density at radius 3 is 2.52 bits per heavy atom. The van der Waals surface area contributed by atoms with Gasteiger partial charge in [0.05, 0.1) is 12.1 Å². The molecule has 0 radical (unpaired) electrons. The molecule has 0 spiro atoms.